The minimum atomic E-state index is 0.455. The zero-order valence-electron chi connectivity index (χ0n) is 9.04. The molecule has 0 fully saturated rings. The maximum absolute atomic E-state index is 5.53. The first kappa shape index (κ1) is 10.9. The SMILES string of the molecule is Cc1cnc(C)c(NCC(C)CN)n1. The average Bonchev–Trinajstić information content (AvgIpc) is 2.19. The van der Waals surface area contributed by atoms with E-state index in [-0.39, 0.29) is 0 Å². The second-order valence-electron chi connectivity index (χ2n) is 3.67. The number of rotatable bonds is 4. The van der Waals surface area contributed by atoms with Gasteiger partial charge in [-0.25, -0.2) is 4.98 Å². The van der Waals surface area contributed by atoms with Crippen molar-refractivity contribution in [3.63, 3.8) is 0 Å². The Kier molecular flexibility index (Phi) is 3.83. The number of hydrogen-bond acceptors (Lipinski definition) is 4. The van der Waals surface area contributed by atoms with E-state index in [0.717, 1.165) is 23.8 Å². The van der Waals surface area contributed by atoms with Crippen molar-refractivity contribution in [2.24, 2.45) is 11.7 Å². The monoisotopic (exact) mass is 194 g/mol. The van der Waals surface area contributed by atoms with E-state index in [1.807, 2.05) is 13.8 Å². The van der Waals surface area contributed by atoms with Gasteiger partial charge in [0.2, 0.25) is 0 Å². The Morgan fingerprint density at radius 3 is 2.86 bits per heavy atom. The van der Waals surface area contributed by atoms with Gasteiger partial charge in [-0.3, -0.25) is 4.98 Å². The topological polar surface area (TPSA) is 63.8 Å². The second-order valence-corrected chi connectivity index (χ2v) is 3.67. The van der Waals surface area contributed by atoms with E-state index in [9.17, 15) is 0 Å². The molecule has 1 rings (SSSR count). The lowest BCUT2D eigenvalue weighted by Crippen LogP contribution is -2.20. The number of anilines is 1. The molecule has 0 aliphatic heterocycles. The normalized spacial score (nSPS) is 12.6. The van der Waals surface area contributed by atoms with Crippen molar-refractivity contribution in [1.29, 1.82) is 0 Å². The van der Waals surface area contributed by atoms with E-state index in [1.165, 1.54) is 0 Å². The van der Waals surface area contributed by atoms with Gasteiger partial charge in [-0.05, 0) is 26.3 Å². The highest BCUT2D eigenvalue weighted by atomic mass is 15.0. The smallest absolute Gasteiger partial charge is 0.147 e. The molecule has 4 nitrogen and oxygen atoms in total. The van der Waals surface area contributed by atoms with Crippen molar-refractivity contribution in [2.45, 2.75) is 20.8 Å². The van der Waals surface area contributed by atoms with E-state index in [4.69, 9.17) is 5.73 Å². The molecular weight excluding hydrogens is 176 g/mol. The van der Waals surface area contributed by atoms with Crippen LogP contribution in [0, 0.1) is 19.8 Å². The molecule has 1 aromatic rings. The van der Waals surface area contributed by atoms with Crippen molar-refractivity contribution < 1.29 is 0 Å². The summed E-state index contributed by atoms with van der Waals surface area (Å²) in [7, 11) is 0. The first-order valence-electron chi connectivity index (χ1n) is 4.87. The molecule has 1 unspecified atom stereocenters. The Hall–Kier alpha value is -1.16. The second kappa shape index (κ2) is 4.91. The number of nitrogens with two attached hydrogens (primary N) is 1. The van der Waals surface area contributed by atoms with Crippen LogP contribution in [-0.4, -0.2) is 23.1 Å². The molecule has 0 saturated heterocycles. The number of aryl methyl sites for hydroxylation is 2. The largest absolute Gasteiger partial charge is 0.368 e. The quantitative estimate of drug-likeness (QED) is 0.753. The van der Waals surface area contributed by atoms with Gasteiger partial charge >= 0.3 is 0 Å². The molecule has 4 heteroatoms. The Balaban J connectivity index is 2.62. The van der Waals surface area contributed by atoms with Gasteiger partial charge in [0.05, 0.1) is 11.4 Å². The van der Waals surface area contributed by atoms with Crippen LogP contribution < -0.4 is 11.1 Å². The molecule has 0 amide bonds. The van der Waals surface area contributed by atoms with Crippen molar-refractivity contribution in [2.75, 3.05) is 18.4 Å². The van der Waals surface area contributed by atoms with Gasteiger partial charge in [-0.1, -0.05) is 6.92 Å². The summed E-state index contributed by atoms with van der Waals surface area (Å²) in [5.41, 5.74) is 7.39. The third kappa shape index (κ3) is 2.96. The molecule has 78 valence electrons. The fourth-order valence-corrected chi connectivity index (χ4v) is 1.06. The minimum absolute atomic E-state index is 0.455. The van der Waals surface area contributed by atoms with Gasteiger partial charge in [0, 0.05) is 12.7 Å². The van der Waals surface area contributed by atoms with Gasteiger partial charge < -0.3 is 11.1 Å². The summed E-state index contributed by atoms with van der Waals surface area (Å²) in [5, 5.41) is 3.25. The van der Waals surface area contributed by atoms with E-state index in [0.29, 0.717) is 12.5 Å². The van der Waals surface area contributed by atoms with Crippen LogP contribution in [-0.2, 0) is 0 Å². The van der Waals surface area contributed by atoms with Crippen LogP contribution in [0.1, 0.15) is 18.3 Å². The summed E-state index contributed by atoms with van der Waals surface area (Å²) in [6.07, 6.45) is 1.77. The fourth-order valence-electron chi connectivity index (χ4n) is 1.06. The van der Waals surface area contributed by atoms with E-state index >= 15 is 0 Å². The van der Waals surface area contributed by atoms with E-state index < -0.39 is 0 Å². The molecule has 1 atom stereocenters. The van der Waals surface area contributed by atoms with E-state index in [1.54, 1.807) is 6.20 Å². The first-order chi connectivity index (χ1) is 6.63. The lowest BCUT2D eigenvalue weighted by Gasteiger charge is -2.12. The van der Waals surface area contributed by atoms with Gasteiger partial charge in [0.1, 0.15) is 5.82 Å². The summed E-state index contributed by atoms with van der Waals surface area (Å²) < 4.78 is 0. The van der Waals surface area contributed by atoms with Gasteiger partial charge in [-0.15, -0.1) is 0 Å². The maximum Gasteiger partial charge on any atom is 0.147 e. The molecular formula is C10H18N4. The molecule has 0 aliphatic carbocycles. The summed E-state index contributed by atoms with van der Waals surface area (Å²) >= 11 is 0. The molecule has 0 radical (unpaired) electrons. The molecule has 0 aliphatic rings. The molecule has 0 spiro atoms. The van der Waals surface area contributed by atoms with Crippen LogP contribution in [0.4, 0.5) is 5.82 Å². The fraction of sp³-hybridized carbons (Fsp3) is 0.600. The highest BCUT2D eigenvalue weighted by Gasteiger charge is 2.03. The molecule has 0 saturated carbocycles. The minimum Gasteiger partial charge on any atom is -0.368 e. The predicted molar refractivity (Wildman–Crippen MR) is 58.2 cm³/mol. The van der Waals surface area contributed by atoms with Gasteiger partial charge in [0.15, 0.2) is 0 Å². The van der Waals surface area contributed by atoms with Crippen LogP contribution in [0.2, 0.25) is 0 Å². The standard InChI is InChI=1S/C10H18N4/c1-7(4-11)5-13-10-9(3)12-6-8(2)14-10/h6-7H,4-5,11H2,1-3H3,(H,13,14). The highest BCUT2D eigenvalue weighted by molar-refractivity contribution is 5.39. The Bertz CT molecular complexity index is 298. The first-order valence-corrected chi connectivity index (χ1v) is 4.87. The summed E-state index contributed by atoms with van der Waals surface area (Å²) in [5.74, 6) is 1.32. The van der Waals surface area contributed by atoms with Crippen LogP contribution in [0.5, 0.6) is 0 Å². The maximum atomic E-state index is 5.53. The number of nitrogens with zero attached hydrogens (tertiary/aromatic N) is 2. The van der Waals surface area contributed by atoms with Gasteiger partial charge in [-0.2, -0.15) is 0 Å². The van der Waals surface area contributed by atoms with E-state index in [2.05, 4.69) is 22.2 Å². The molecule has 1 aromatic heterocycles. The zero-order valence-corrected chi connectivity index (χ0v) is 9.04. The molecule has 14 heavy (non-hydrogen) atoms. The number of hydrogen-bond donors (Lipinski definition) is 2. The van der Waals surface area contributed by atoms with Crippen LogP contribution in [0.3, 0.4) is 0 Å². The van der Waals surface area contributed by atoms with Crippen LogP contribution in [0.25, 0.3) is 0 Å². The average molecular weight is 194 g/mol. The summed E-state index contributed by atoms with van der Waals surface area (Å²) in [6, 6.07) is 0. The number of aromatic nitrogens is 2. The molecule has 3 N–H and O–H groups in total. The van der Waals surface area contributed by atoms with Crippen molar-refractivity contribution in [3.05, 3.63) is 17.6 Å². The van der Waals surface area contributed by atoms with Crippen molar-refractivity contribution in [1.82, 2.24) is 9.97 Å². The van der Waals surface area contributed by atoms with Crippen LogP contribution >= 0.6 is 0 Å². The summed E-state index contributed by atoms with van der Waals surface area (Å²) in [4.78, 5) is 8.59. The third-order valence-corrected chi connectivity index (χ3v) is 2.10. The Morgan fingerprint density at radius 2 is 2.21 bits per heavy atom. The third-order valence-electron chi connectivity index (χ3n) is 2.10. The summed E-state index contributed by atoms with van der Waals surface area (Å²) in [6.45, 7) is 7.51. The number of nitrogens with one attached hydrogen (secondary N) is 1. The zero-order chi connectivity index (χ0) is 10.6. The lowest BCUT2D eigenvalue weighted by molar-refractivity contribution is 0.626. The lowest BCUT2D eigenvalue weighted by atomic mass is 10.2. The Morgan fingerprint density at radius 1 is 1.50 bits per heavy atom. The highest BCUT2D eigenvalue weighted by Crippen LogP contribution is 2.08. The van der Waals surface area contributed by atoms with Gasteiger partial charge in [0.25, 0.3) is 0 Å². The molecule has 0 aromatic carbocycles. The molecule has 0 bridgehead atoms. The Labute approximate surface area is 85.0 Å². The van der Waals surface area contributed by atoms with Crippen molar-refractivity contribution >= 4 is 5.82 Å². The molecule has 1 heterocycles. The predicted octanol–water partition coefficient (Wildman–Crippen LogP) is 1.10. The van der Waals surface area contributed by atoms with Crippen molar-refractivity contribution in [3.8, 4) is 0 Å². The van der Waals surface area contributed by atoms with Crippen LogP contribution in [0.15, 0.2) is 6.20 Å².